The largest absolute Gasteiger partial charge is 0.311 e. The molecule has 0 heterocycles. The Morgan fingerprint density at radius 1 is 1.06 bits per heavy atom. The van der Waals surface area contributed by atoms with Gasteiger partial charge < -0.3 is 5.32 Å². The molecule has 0 spiro atoms. The second-order valence-electron chi connectivity index (χ2n) is 6.42. The van der Waals surface area contributed by atoms with Crippen molar-refractivity contribution in [1.82, 2.24) is 5.32 Å². The van der Waals surface area contributed by atoms with Crippen molar-refractivity contribution in [1.29, 1.82) is 0 Å². The Bertz CT molecular complexity index is 228. The van der Waals surface area contributed by atoms with E-state index in [1.807, 2.05) is 0 Å². The van der Waals surface area contributed by atoms with E-state index in [-0.39, 0.29) is 0 Å². The zero-order chi connectivity index (χ0) is 11.0. The molecule has 3 saturated carbocycles. The smallest absolute Gasteiger partial charge is 0.0105 e. The average Bonchev–Trinajstić information content (AvgIpc) is 3.20. The Labute approximate surface area is 100 Å². The Balaban J connectivity index is 1.44. The summed E-state index contributed by atoms with van der Waals surface area (Å²) >= 11 is 0. The van der Waals surface area contributed by atoms with Gasteiger partial charge in [-0.15, -0.1) is 0 Å². The summed E-state index contributed by atoms with van der Waals surface area (Å²) in [6, 6.07) is 1.77. The van der Waals surface area contributed by atoms with Gasteiger partial charge in [-0.1, -0.05) is 39.0 Å². The van der Waals surface area contributed by atoms with Crippen LogP contribution >= 0.6 is 0 Å². The normalized spacial score (nSPS) is 37.3. The molecule has 3 fully saturated rings. The van der Waals surface area contributed by atoms with Gasteiger partial charge in [0.25, 0.3) is 0 Å². The monoisotopic (exact) mass is 221 g/mol. The van der Waals surface area contributed by atoms with Gasteiger partial charge in [-0.3, -0.25) is 0 Å². The molecule has 0 aromatic rings. The summed E-state index contributed by atoms with van der Waals surface area (Å²) in [6.45, 7) is 2.36. The van der Waals surface area contributed by atoms with E-state index in [4.69, 9.17) is 0 Å². The summed E-state index contributed by atoms with van der Waals surface area (Å²) < 4.78 is 0. The molecular formula is C15H27N. The fourth-order valence-electron chi connectivity index (χ4n) is 3.85. The summed E-state index contributed by atoms with van der Waals surface area (Å²) in [5.74, 6) is 3.19. The molecule has 0 aliphatic heterocycles. The quantitative estimate of drug-likeness (QED) is 0.746. The van der Waals surface area contributed by atoms with E-state index in [9.17, 15) is 0 Å². The summed E-state index contributed by atoms with van der Waals surface area (Å²) in [5, 5.41) is 3.95. The van der Waals surface area contributed by atoms with Gasteiger partial charge in [0.05, 0.1) is 0 Å². The number of hydrogen-bond acceptors (Lipinski definition) is 1. The topological polar surface area (TPSA) is 12.0 Å². The minimum Gasteiger partial charge on any atom is -0.311 e. The van der Waals surface area contributed by atoms with Crippen LogP contribution in [0.25, 0.3) is 0 Å². The standard InChI is InChI=1S/C15H27N/c1-2-14(12-8-9-12)16-15-10-13(15)11-6-4-3-5-7-11/h11-16H,2-10H2,1H3. The highest BCUT2D eigenvalue weighted by atomic mass is 15.0. The van der Waals surface area contributed by atoms with Crippen LogP contribution in [0.4, 0.5) is 0 Å². The lowest BCUT2D eigenvalue weighted by atomic mass is 9.85. The highest BCUT2D eigenvalue weighted by Crippen LogP contribution is 2.45. The lowest BCUT2D eigenvalue weighted by Crippen LogP contribution is -2.34. The van der Waals surface area contributed by atoms with E-state index < -0.39 is 0 Å². The Hall–Kier alpha value is -0.0400. The molecule has 0 aromatic carbocycles. The number of rotatable bonds is 5. The van der Waals surface area contributed by atoms with Crippen LogP contribution in [0.3, 0.4) is 0 Å². The average molecular weight is 221 g/mol. The molecule has 3 rings (SSSR count). The summed E-state index contributed by atoms with van der Waals surface area (Å²) in [5.41, 5.74) is 0. The summed E-state index contributed by atoms with van der Waals surface area (Å²) in [4.78, 5) is 0. The van der Waals surface area contributed by atoms with E-state index in [2.05, 4.69) is 12.2 Å². The fraction of sp³-hybridized carbons (Fsp3) is 1.00. The first-order valence-corrected chi connectivity index (χ1v) is 7.64. The van der Waals surface area contributed by atoms with Crippen LogP contribution in [-0.2, 0) is 0 Å². The molecule has 3 aliphatic carbocycles. The van der Waals surface area contributed by atoms with Gasteiger partial charge in [-0.05, 0) is 43.4 Å². The second kappa shape index (κ2) is 4.68. The van der Waals surface area contributed by atoms with Crippen LogP contribution in [0.15, 0.2) is 0 Å². The van der Waals surface area contributed by atoms with Crippen LogP contribution in [-0.4, -0.2) is 12.1 Å². The van der Waals surface area contributed by atoms with Gasteiger partial charge in [0.1, 0.15) is 0 Å². The van der Waals surface area contributed by atoms with E-state index >= 15 is 0 Å². The molecule has 3 atom stereocenters. The van der Waals surface area contributed by atoms with Crippen molar-refractivity contribution in [3.05, 3.63) is 0 Å². The molecule has 1 N–H and O–H groups in total. The minimum atomic E-state index is 0.860. The Morgan fingerprint density at radius 2 is 1.81 bits per heavy atom. The molecule has 0 saturated heterocycles. The van der Waals surface area contributed by atoms with Crippen LogP contribution < -0.4 is 5.32 Å². The molecule has 1 heteroatoms. The predicted octanol–water partition coefficient (Wildman–Crippen LogP) is 3.73. The highest BCUT2D eigenvalue weighted by molar-refractivity contribution is 5.01. The molecule has 16 heavy (non-hydrogen) atoms. The van der Waals surface area contributed by atoms with Crippen LogP contribution in [0, 0.1) is 17.8 Å². The maximum atomic E-state index is 3.95. The van der Waals surface area contributed by atoms with E-state index in [1.54, 1.807) is 0 Å². The van der Waals surface area contributed by atoms with Crippen LogP contribution in [0.5, 0.6) is 0 Å². The van der Waals surface area contributed by atoms with Gasteiger partial charge in [0.2, 0.25) is 0 Å². The molecule has 0 bridgehead atoms. The van der Waals surface area contributed by atoms with Gasteiger partial charge in [0.15, 0.2) is 0 Å². The van der Waals surface area contributed by atoms with Crippen LogP contribution in [0.2, 0.25) is 0 Å². The van der Waals surface area contributed by atoms with Crippen molar-refractivity contribution in [2.75, 3.05) is 0 Å². The maximum absolute atomic E-state index is 3.95. The van der Waals surface area contributed by atoms with Crippen molar-refractivity contribution < 1.29 is 0 Å². The summed E-state index contributed by atoms with van der Waals surface area (Å²) in [6.07, 6.45) is 13.4. The van der Waals surface area contributed by atoms with E-state index in [0.717, 1.165) is 29.8 Å². The molecule has 0 amide bonds. The first-order chi connectivity index (χ1) is 7.88. The summed E-state index contributed by atoms with van der Waals surface area (Å²) in [7, 11) is 0. The fourth-order valence-corrected chi connectivity index (χ4v) is 3.85. The minimum absolute atomic E-state index is 0.860. The molecule has 3 unspecified atom stereocenters. The van der Waals surface area contributed by atoms with Gasteiger partial charge >= 0.3 is 0 Å². The number of nitrogens with one attached hydrogen (secondary N) is 1. The predicted molar refractivity (Wildman–Crippen MR) is 68.4 cm³/mol. The van der Waals surface area contributed by atoms with Crippen molar-refractivity contribution in [3.8, 4) is 0 Å². The third kappa shape index (κ3) is 2.45. The third-order valence-electron chi connectivity index (χ3n) is 5.15. The number of hydrogen-bond donors (Lipinski definition) is 1. The zero-order valence-electron chi connectivity index (χ0n) is 10.8. The lowest BCUT2D eigenvalue weighted by Gasteiger charge is -2.23. The Morgan fingerprint density at radius 3 is 2.44 bits per heavy atom. The molecule has 3 aliphatic rings. The molecular weight excluding hydrogens is 194 g/mol. The molecule has 0 radical (unpaired) electrons. The zero-order valence-corrected chi connectivity index (χ0v) is 10.8. The van der Waals surface area contributed by atoms with E-state index in [0.29, 0.717) is 0 Å². The molecule has 1 nitrogen and oxygen atoms in total. The SMILES string of the molecule is CCC(NC1CC1C1CCCCC1)C1CC1. The van der Waals surface area contributed by atoms with Crippen molar-refractivity contribution in [3.63, 3.8) is 0 Å². The van der Waals surface area contributed by atoms with Gasteiger partial charge in [-0.2, -0.15) is 0 Å². The molecule has 92 valence electrons. The Kier molecular flexibility index (Phi) is 3.24. The first kappa shape index (κ1) is 11.1. The van der Waals surface area contributed by atoms with Crippen LogP contribution in [0.1, 0.15) is 64.7 Å². The third-order valence-corrected chi connectivity index (χ3v) is 5.15. The van der Waals surface area contributed by atoms with Gasteiger partial charge in [-0.25, -0.2) is 0 Å². The molecule has 0 aromatic heterocycles. The second-order valence-corrected chi connectivity index (χ2v) is 6.42. The van der Waals surface area contributed by atoms with Gasteiger partial charge in [0, 0.05) is 12.1 Å². The highest BCUT2D eigenvalue weighted by Gasteiger charge is 2.45. The maximum Gasteiger partial charge on any atom is 0.0105 e. The van der Waals surface area contributed by atoms with Crippen molar-refractivity contribution in [2.45, 2.75) is 76.8 Å². The first-order valence-electron chi connectivity index (χ1n) is 7.64. The van der Waals surface area contributed by atoms with Crippen molar-refractivity contribution >= 4 is 0 Å². The lowest BCUT2D eigenvalue weighted by molar-refractivity contribution is 0.305. The van der Waals surface area contributed by atoms with E-state index in [1.165, 1.54) is 57.8 Å². The van der Waals surface area contributed by atoms with Crippen molar-refractivity contribution in [2.24, 2.45) is 17.8 Å².